The number of rotatable bonds is 8. The van der Waals surface area contributed by atoms with E-state index in [0.29, 0.717) is 16.7 Å². The number of nitro groups is 1. The highest BCUT2D eigenvalue weighted by Crippen LogP contribution is 2.34. The molecule has 0 radical (unpaired) electrons. The number of ketones is 1. The molecule has 0 bridgehead atoms. The van der Waals surface area contributed by atoms with Crippen molar-refractivity contribution in [1.82, 2.24) is 0 Å². The molecule has 0 spiro atoms. The Morgan fingerprint density at radius 1 is 0.821 bits per heavy atom. The highest BCUT2D eigenvalue weighted by molar-refractivity contribution is 5.96. The topological polar surface area (TPSA) is 60.2 Å². The smallest absolute Gasteiger partial charge is 0.245 e. The number of nitrogens with zero attached hydrogens (tertiary/aromatic N) is 1. The van der Waals surface area contributed by atoms with E-state index >= 15 is 0 Å². The maximum absolute atomic E-state index is 12.9. The first-order valence-electron chi connectivity index (χ1n) is 9.09. The standard InChI is InChI=1S/C24H21NO3/c1-18(19-11-5-2-6-12-19)24(25(27)28)22(20-13-7-3-8-14-20)17-23(26)21-15-9-4-10-16-21/h2-16,22,24H,1,17H2/t22-,24-/m0/s1. The molecule has 28 heavy (non-hydrogen) atoms. The lowest BCUT2D eigenvalue weighted by Crippen LogP contribution is -2.30. The Morgan fingerprint density at radius 2 is 1.29 bits per heavy atom. The van der Waals surface area contributed by atoms with Gasteiger partial charge in [-0.2, -0.15) is 0 Å². The van der Waals surface area contributed by atoms with Crippen LogP contribution in [0.2, 0.25) is 0 Å². The second kappa shape index (κ2) is 8.91. The lowest BCUT2D eigenvalue weighted by atomic mass is 9.81. The summed E-state index contributed by atoms with van der Waals surface area (Å²) in [5, 5.41) is 12.1. The molecule has 0 aliphatic carbocycles. The van der Waals surface area contributed by atoms with Crippen LogP contribution in [0.1, 0.15) is 33.8 Å². The monoisotopic (exact) mass is 371 g/mol. The summed E-state index contributed by atoms with van der Waals surface area (Å²) in [5.74, 6) is -0.737. The Hall–Kier alpha value is -3.53. The van der Waals surface area contributed by atoms with E-state index < -0.39 is 12.0 Å². The Morgan fingerprint density at radius 3 is 1.79 bits per heavy atom. The van der Waals surface area contributed by atoms with E-state index in [4.69, 9.17) is 0 Å². The molecular weight excluding hydrogens is 350 g/mol. The van der Waals surface area contributed by atoms with E-state index in [9.17, 15) is 14.9 Å². The van der Waals surface area contributed by atoms with Crippen LogP contribution in [0, 0.1) is 10.1 Å². The molecule has 0 aliphatic heterocycles. The maximum atomic E-state index is 12.9. The Bertz CT molecular complexity index is 953. The van der Waals surface area contributed by atoms with Crippen LogP contribution in [0.4, 0.5) is 0 Å². The normalized spacial score (nSPS) is 12.7. The van der Waals surface area contributed by atoms with Gasteiger partial charge in [0.05, 0.1) is 5.92 Å². The van der Waals surface area contributed by atoms with Crippen LogP contribution in [-0.4, -0.2) is 16.7 Å². The van der Waals surface area contributed by atoms with Gasteiger partial charge in [0.2, 0.25) is 6.04 Å². The molecule has 4 heteroatoms. The molecule has 2 atom stereocenters. The zero-order chi connectivity index (χ0) is 19.9. The average Bonchev–Trinajstić information content (AvgIpc) is 2.74. The minimum atomic E-state index is -1.10. The first-order valence-corrected chi connectivity index (χ1v) is 9.09. The predicted octanol–water partition coefficient (Wildman–Crippen LogP) is 5.40. The van der Waals surface area contributed by atoms with Crippen molar-refractivity contribution >= 4 is 11.4 Å². The van der Waals surface area contributed by atoms with Crippen molar-refractivity contribution in [2.24, 2.45) is 0 Å². The summed E-state index contributed by atoms with van der Waals surface area (Å²) in [4.78, 5) is 24.6. The van der Waals surface area contributed by atoms with Gasteiger partial charge in [-0.25, -0.2) is 0 Å². The Labute approximate surface area is 164 Å². The SMILES string of the molecule is C=C(c1ccccc1)[C@@H]([C@@H](CC(=O)c1ccccc1)c1ccccc1)[N+](=O)[O-]. The average molecular weight is 371 g/mol. The fourth-order valence-corrected chi connectivity index (χ4v) is 3.39. The summed E-state index contributed by atoms with van der Waals surface area (Å²) < 4.78 is 0. The van der Waals surface area contributed by atoms with E-state index in [1.807, 2.05) is 54.6 Å². The van der Waals surface area contributed by atoms with Gasteiger partial charge < -0.3 is 0 Å². The summed E-state index contributed by atoms with van der Waals surface area (Å²) in [7, 11) is 0. The van der Waals surface area contributed by atoms with Gasteiger partial charge in [-0.15, -0.1) is 0 Å². The molecule has 3 rings (SSSR count). The van der Waals surface area contributed by atoms with E-state index in [0.717, 1.165) is 5.56 Å². The first-order chi connectivity index (χ1) is 13.6. The fraction of sp³-hybridized carbons (Fsp3) is 0.125. The van der Waals surface area contributed by atoms with Crippen LogP contribution in [0.3, 0.4) is 0 Å². The molecule has 0 fully saturated rings. The third-order valence-corrected chi connectivity index (χ3v) is 4.84. The van der Waals surface area contributed by atoms with Crippen molar-refractivity contribution in [2.45, 2.75) is 18.4 Å². The first kappa shape index (κ1) is 19.2. The van der Waals surface area contributed by atoms with E-state index in [-0.39, 0.29) is 17.1 Å². The van der Waals surface area contributed by atoms with Crippen LogP contribution in [0.15, 0.2) is 97.6 Å². The zero-order valence-electron chi connectivity index (χ0n) is 15.4. The summed E-state index contributed by atoms with van der Waals surface area (Å²) in [5.41, 5.74) is 2.42. The van der Waals surface area contributed by atoms with Crippen molar-refractivity contribution in [2.75, 3.05) is 0 Å². The highest BCUT2D eigenvalue weighted by Gasteiger charge is 2.37. The molecule has 140 valence electrons. The molecule has 0 N–H and O–H groups in total. The van der Waals surface area contributed by atoms with Gasteiger partial charge in [-0.05, 0) is 11.1 Å². The molecule has 0 aliphatic rings. The van der Waals surface area contributed by atoms with Gasteiger partial charge in [-0.1, -0.05) is 97.6 Å². The van der Waals surface area contributed by atoms with Crippen molar-refractivity contribution < 1.29 is 9.72 Å². The Balaban J connectivity index is 2.00. The molecule has 0 unspecified atom stereocenters. The van der Waals surface area contributed by atoms with E-state index in [1.165, 1.54) is 0 Å². The highest BCUT2D eigenvalue weighted by atomic mass is 16.6. The van der Waals surface area contributed by atoms with Gasteiger partial charge in [0, 0.05) is 22.5 Å². The quantitative estimate of drug-likeness (QED) is 0.302. The molecule has 0 heterocycles. The predicted molar refractivity (Wildman–Crippen MR) is 111 cm³/mol. The largest absolute Gasteiger partial charge is 0.294 e. The number of hydrogen-bond acceptors (Lipinski definition) is 3. The number of carbonyl (C=O) groups is 1. The maximum Gasteiger partial charge on any atom is 0.245 e. The molecule has 3 aromatic rings. The van der Waals surface area contributed by atoms with Crippen LogP contribution in [0.25, 0.3) is 5.57 Å². The number of benzene rings is 3. The molecule has 0 amide bonds. The third-order valence-electron chi connectivity index (χ3n) is 4.84. The number of hydrogen-bond donors (Lipinski definition) is 0. The van der Waals surface area contributed by atoms with Crippen molar-refractivity contribution in [1.29, 1.82) is 0 Å². The second-order valence-corrected chi connectivity index (χ2v) is 6.63. The van der Waals surface area contributed by atoms with E-state index in [1.54, 1.807) is 36.4 Å². The second-order valence-electron chi connectivity index (χ2n) is 6.63. The van der Waals surface area contributed by atoms with Crippen LogP contribution in [0.5, 0.6) is 0 Å². The van der Waals surface area contributed by atoms with Crippen molar-refractivity contribution in [3.8, 4) is 0 Å². The van der Waals surface area contributed by atoms with Gasteiger partial charge in [0.1, 0.15) is 0 Å². The van der Waals surface area contributed by atoms with Crippen molar-refractivity contribution in [3.63, 3.8) is 0 Å². The molecule has 4 nitrogen and oxygen atoms in total. The lowest BCUT2D eigenvalue weighted by molar-refractivity contribution is -0.509. The number of Topliss-reactive ketones (excluding diaryl/α,β-unsaturated/α-hetero) is 1. The van der Waals surface area contributed by atoms with Gasteiger partial charge in [0.15, 0.2) is 5.78 Å². The molecular formula is C24H21NO3. The Kier molecular flexibility index (Phi) is 6.12. The van der Waals surface area contributed by atoms with Gasteiger partial charge in [-0.3, -0.25) is 14.9 Å². The van der Waals surface area contributed by atoms with Crippen LogP contribution < -0.4 is 0 Å². The van der Waals surface area contributed by atoms with E-state index in [2.05, 4.69) is 6.58 Å². The molecule has 0 saturated carbocycles. The summed E-state index contributed by atoms with van der Waals surface area (Å²) >= 11 is 0. The van der Waals surface area contributed by atoms with Gasteiger partial charge >= 0.3 is 0 Å². The summed E-state index contributed by atoms with van der Waals surface area (Å²) in [6.07, 6.45) is 0.0333. The fourth-order valence-electron chi connectivity index (χ4n) is 3.39. The summed E-state index contributed by atoms with van der Waals surface area (Å²) in [6.45, 7) is 4.02. The molecule has 0 saturated heterocycles. The third kappa shape index (κ3) is 4.41. The van der Waals surface area contributed by atoms with Crippen LogP contribution >= 0.6 is 0 Å². The van der Waals surface area contributed by atoms with Crippen molar-refractivity contribution in [3.05, 3.63) is 124 Å². The minimum Gasteiger partial charge on any atom is -0.294 e. The van der Waals surface area contributed by atoms with Gasteiger partial charge in [0.25, 0.3) is 0 Å². The molecule has 3 aromatic carbocycles. The minimum absolute atomic E-state index is 0.0333. The number of carbonyl (C=O) groups excluding carboxylic acids is 1. The molecule has 0 aromatic heterocycles. The summed E-state index contributed by atoms with van der Waals surface area (Å²) in [6, 6.07) is 26.1. The van der Waals surface area contributed by atoms with Crippen LogP contribution in [-0.2, 0) is 0 Å². The zero-order valence-corrected chi connectivity index (χ0v) is 15.4. The lowest BCUT2D eigenvalue weighted by Gasteiger charge is -2.23.